The third kappa shape index (κ3) is 3.03. The summed E-state index contributed by atoms with van der Waals surface area (Å²) in [5, 5.41) is 0. The minimum Gasteiger partial charge on any atom is -0.333 e. The van der Waals surface area contributed by atoms with Crippen molar-refractivity contribution in [2.24, 2.45) is 0 Å². The van der Waals surface area contributed by atoms with E-state index in [1.165, 1.54) is 16.7 Å². The molecular formula is C24H22N2O. The highest BCUT2D eigenvalue weighted by atomic mass is 16.2. The zero-order valence-electron chi connectivity index (χ0n) is 15.2. The van der Waals surface area contributed by atoms with Gasteiger partial charge in [-0.05, 0) is 41.7 Å². The predicted molar refractivity (Wildman–Crippen MR) is 106 cm³/mol. The Labute approximate surface area is 159 Å². The zero-order chi connectivity index (χ0) is 18.2. The third-order valence-corrected chi connectivity index (χ3v) is 5.72. The Hall–Kier alpha value is -2.94. The average molecular weight is 354 g/mol. The van der Waals surface area contributed by atoms with Crippen LogP contribution < -0.4 is 0 Å². The third-order valence-electron chi connectivity index (χ3n) is 5.72. The van der Waals surface area contributed by atoms with Crippen LogP contribution in [0.15, 0.2) is 72.9 Å². The molecule has 3 nitrogen and oxygen atoms in total. The second kappa shape index (κ2) is 6.66. The van der Waals surface area contributed by atoms with Crippen molar-refractivity contribution in [3.05, 3.63) is 101 Å². The smallest absolute Gasteiger partial charge is 0.256 e. The maximum absolute atomic E-state index is 13.4. The number of fused-ring (bicyclic) bond motifs is 1. The lowest BCUT2D eigenvalue weighted by atomic mass is 9.84. The fourth-order valence-corrected chi connectivity index (χ4v) is 4.18. The topological polar surface area (TPSA) is 33.2 Å². The van der Waals surface area contributed by atoms with E-state index in [0.717, 1.165) is 24.1 Å². The molecule has 134 valence electrons. The molecular weight excluding hydrogens is 332 g/mol. The standard InChI is InChI=1S/C24H22N2O/c27-24(21-11-6-14-25-23(21)18-12-13-18)26-15-19-9-4-5-10-20(19)22(16-26)17-7-2-1-3-8-17/h1-11,14,18,22H,12-13,15-16H2. The summed E-state index contributed by atoms with van der Waals surface area (Å²) < 4.78 is 0. The highest BCUT2D eigenvalue weighted by molar-refractivity contribution is 5.95. The van der Waals surface area contributed by atoms with E-state index < -0.39 is 0 Å². The summed E-state index contributed by atoms with van der Waals surface area (Å²) in [5.74, 6) is 0.786. The molecule has 1 aliphatic heterocycles. The van der Waals surface area contributed by atoms with Crippen LogP contribution in [0.1, 0.15) is 57.4 Å². The second-order valence-corrected chi connectivity index (χ2v) is 7.56. The van der Waals surface area contributed by atoms with E-state index in [0.29, 0.717) is 19.0 Å². The van der Waals surface area contributed by atoms with Crippen LogP contribution in [0.4, 0.5) is 0 Å². The lowest BCUT2D eigenvalue weighted by Gasteiger charge is -2.35. The van der Waals surface area contributed by atoms with Crippen molar-refractivity contribution in [2.45, 2.75) is 31.2 Å². The van der Waals surface area contributed by atoms with Gasteiger partial charge in [0.05, 0.1) is 11.3 Å². The molecule has 1 unspecified atom stereocenters. The van der Waals surface area contributed by atoms with Crippen LogP contribution in [0.3, 0.4) is 0 Å². The molecule has 3 aromatic rings. The molecule has 2 aromatic carbocycles. The molecule has 5 rings (SSSR count). The fourth-order valence-electron chi connectivity index (χ4n) is 4.18. The van der Waals surface area contributed by atoms with Gasteiger partial charge in [-0.2, -0.15) is 0 Å². The molecule has 1 aromatic heterocycles. The van der Waals surface area contributed by atoms with Gasteiger partial charge in [-0.15, -0.1) is 0 Å². The number of amides is 1. The molecule has 1 aliphatic carbocycles. The molecule has 1 saturated carbocycles. The molecule has 0 radical (unpaired) electrons. The Morgan fingerprint density at radius 1 is 0.926 bits per heavy atom. The number of carbonyl (C=O) groups is 1. The number of rotatable bonds is 3. The largest absolute Gasteiger partial charge is 0.333 e. The maximum Gasteiger partial charge on any atom is 0.256 e. The highest BCUT2D eigenvalue weighted by Crippen LogP contribution is 2.41. The van der Waals surface area contributed by atoms with Crippen molar-refractivity contribution < 1.29 is 4.79 Å². The summed E-state index contributed by atoms with van der Waals surface area (Å²) in [6.07, 6.45) is 4.10. The minimum absolute atomic E-state index is 0.112. The lowest BCUT2D eigenvalue weighted by molar-refractivity contribution is 0.0723. The first-order chi connectivity index (χ1) is 13.3. The first kappa shape index (κ1) is 16.2. The van der Waals surface area contributed by atoms with Crippen LogP contribution in [0.2, 0.25) is 0 Å². The highest BCUT2D eigenvalue weighted by Gasteiger charge is 2.34. The normalized spacial score (nSPS) is 18.8. The van der Waals surface area contributed by atoms with Gasteiger partial charge >= 0.3 is 0 Å². The van der Waals surface area contributed by atoms with Crippen LogP contribution in [0, 0.1) is 0 Å². The van der Waals surface area contributed by atoms with Crippen molar-refractivity contribution >= 4 is 5.91 Å². The van der Waals surface area contributed by atoms with E-state index in [4.69, 9.17) is 0 Å². The van der Waals surface area contributed by atoms with Crippen LogP contribution >= 0.6 is 0 Å². The molecule has 0 bridgehead atoms. The second-order valence-electron chi connectivity index (χ2n) is 7.56. The lowest BCUT2D eigenvalue weighted by Crippen LogP contribution is -2.39. The van der Waals surface area contributed by atoms with E-state index in [9.17, 15) is 4.79 Å². The molecule has 0 spiro atoms. The van der Waals surface area contributed by atoms with Crippen molar-refractivity contribution in [3.8, 4) is 0 Å². The van der Waals surface area contributed by atoms with Crippen LogP contribution in [-0.2, 0) is 6.54 Å². The van der Waals surface area contributed by atoms with Crippen molar-refractivity contribution in [2.75, 3.05) is 6.54 Å². The van der Waals surface area contributed by atoms with Gasteiger partial charge in [0.15, 0.2) is 0 Å². The molecule has 1 amide bonds. The predicted octanol–water partition coefficient (Wildman–Crippen LogP) is 4.75. The van der Waals surface area contributed by atoms with Gasteiger partial charge in [-0.25, -0.2) is 0 Å². The molecule has 2 heterocycles. The molecule has 3 heteroatoms. The Bertz CT molecular complexity index is 978. The van der Waals surface area contributed by atoms with Crippen LogP contribution in [-0.4, -0.2) is 22.3 Å². The molecule has 1 fully saturated rings. The van der Waals surface area contributed by atoms with Crippen molar-refractivity contribution in [3.63, 3.8) is 0 Å². The van der Waals surface area contributed by atoms with E-state index >= 15 is 0 Å². The summed E-state index contributed by atoms with van der Waals surface area (Å²) in [6, 6.07) is 22.9. The van der Waals surface area contributed by atoms with Gasteiger partial charge in [0.1, 0.15) is 0 Å². The number of benzene rings is 2. The van der Waals surface area contributed by atoms with Crippen molar-refractivity contribution in [1.29, 1.82) is 0 Å². The number of hydrogen-bond donors (Lipinski definition) is 0. The Balaban J connectivity index is 1.52. The van der Waals surface area contributed by atoms with E-state index in [-0.39, 0.29) is 11.8 Å². The number of aromatic nitrogens is 1. The summed E-state index contributed by atoms with van der Waals surface area (Å²) in [7, 11) is 0. The fraction of sp³-hybridized carbons (Fsp3) is 0.250. The van der Waals surface area contributed by atoms with E-state index in [1.54, 1.807) is 0 Å². The van der Waals surface area contributed by atoms with Gasteiger partial charge in [-0.3, -0.25) is 9.78 Å². The van der Waals surface area contributed by atoms with Gasteiger partial charge < -0.3 is 4.90 Å². The van der Waals surface area contributed by atoms with Gasteiger partial charge in [0.25, 0.3) is 5.91 Å². The molecule has 2 aliphatic rings. The van der Waals surface area contributed by atoms with E-state index in [1.807, 2.05) is 29.3 Å². The molecule has 1 atom stereocenters. The Morgan fingerprint density at radius 3 is 2.52 bits per heavy atom. The van der Waals surface area contributed by atoms with Crippen LogP contribution in [0.5, 0.6) is 0 Å². The van der Waals surface area contributed by atoms with Gasteiger partial charge in [0, 0.05) is 31.1 Å². The summed E-state index contributed by atoms with van der Waals surface area (Å²) >= 11 is 0. The summed E-state index contributed by atoms with van der Waals surface area (Å²) in [5.41, 5.74) is 5.60. The minimum atomic E-state index is 0.112. The van der Waals surface area contributed by atoms with Gasteiger partial charge in [0.2, 0.25) is 0 Å². The van der Waals surface area contributed by atoms with Gasteiger partial charge in [-0.1, -0.05) is 54.6 Å². The average Bonchev–Trinajstić information content (AvgIpc) is 3.58. The first-order valence-electron chi connectivity index (χ1n) is 9.68. The molecule has 0 saturated heterocycles. The number of nitrogens with zero attached hydrogens (tertiary/aromatic N) is 2. The Morgan fingerprint density at radius 2 is 1.70 bits per heavy atom. The SMILES string of the molecule is O=C(c1cccnc1C1CC1)N1Cc2ccccc2C(c2ccccc2)C1. The van der Waals surface area contributed by atoms with E-state index in [2.05, 4.69) is 53.5 Å². The quantitative estimate of drug-likeness (QED) is 0.680. The summed E-state index contributed by atoms with van der Waals surface area (Å²) in [4.78, 5) is 20.0. The Kier molecular flexibility index (Phi) is 4.01. The first-order valence-corrected chi connectivity index (χ1v) is 9.68. The maximum atomic E-state index is 13.4. The molecule has 0 N–H and O–H groups in total. The summed E-state index contributed by atoms with van der Waals surface area (Å²) in [6.45, 7) is 1.37. The number of hydrogen-bond acceptors (Lipinski definition) is 2. The number of pyridine rings is 1. The number of carbonyl (C=O) groups excluding carboxylic acids is 1. The molecule has 27 heavy (non-hydrogen) atoms. The van der Waals surface area contributed by atoms with Crippen LogP contribution in [0.25, 0.3) is 0 Å². The zero-order valence-corrected chi connectivity index (χ0v) is 15.2. The monoisotopic (exact) mass is 354 g/mol. The van der Waals surface area contributed by atoms with Crippen molar-refractivity contribution in [1.82, 2.24) is 9.88 Å².